The molecular weight excluding hydrogens is 217 g/mol. The highest BCUT2D eigenvalue weighted by atomic mass is 19.4. The van der Waals surface area contributed by atoms with Crippen molar-refractivity contribution in [3.05, 3.63) is 0 Å². The molecule has 0 amide bonds. The van der Waals surface area contributed by atoms with E-state index in [1.165, 1.54) is 0 Å². The van der Waals surface area contributed by atoms with E-state index in [0.717, 1.165) is 25.9 Å². The van der Waals surface area contributed by atoms with Crippen LogP contribution in [0.4, 0.5) is 13.2 Å². The first kappa shape index (κ1) is 13.8. The second kappa shape index (κ2) is 5.87. The number of rotatable bonds is 4. The molecule has 1 aliphatic heterocycles. The van der Waals surface area contributed by atoms with E-state index in [-0.39, 0.29) is 6.54 Å². The largest absolute Gasteiger partial charge is 0.390 e. The highest BCUT2D eigenvalue weighted by Gasteiger charge is 2.29. The first-order chi connectivity index (χ1) is 7.37. The van der Waals surface area contributed by atoms with Gasteiger partial charge in [-0.1, -0.05) is 13.8 Å². The molecule has 0 aromatic carbocycles. The lowest BCUT2D eigenvalue weighted by Gasteiger charge is -2.34. The third-order valence-corrected chi connectivity index (χ3v) is 2.79. The molecule has 16 heavy (non-hydrogen) atoms. The van der Waals surface area contributed by atoms with Crippen molar-refractivity contribution in [2.75, 3.05) is 19.6 Å². The lowest BCUT2D eigenvalue weighted by molar-refractivity contribution is -0.138. The molecule has 0 spiro atoms. The van der Waals surface area contributed by atoms with E-state index in [2.05, 4.69) is 19.2 Å². The number of likely N-dealkylation sites (tertiary alicyclic amines) is 1. The van der Waals surface area contributed by atoms with Crippen LogP contribution in [0.25, 0.3) is 0 Å². The summed E-state index contributed by atoms with van der Waals surface area (Å²) in [6, 6.07) is 0.745. The standard InChI is InChI=1S/C11H21F3N2/c1-9(2)15-10-4-3-6-16(8-10)7-5-11(12,13)14/h9-10,15H,3-8H2,1-2H3. The van der Waals surface area contributed by atoms with Crippen LogP contribution in [0.3, 0.4) is 0 Å². The lowest BCUT2D eigenvalue weighted by atomic mass is 10.0. The maximum absolute atomic E-state index is 12.1. The van der Waals surface area contributed by atoms with E-state index in [1.807, 2.05) is 4.90 Å². The summed E-state index contributed by atoms with van der Waals surface area (Å²) < 4.78 is 36.2. The molecular formula is C11H21F3N2. The van der Waals surface area contributed by atoms with Gasteiger partial charge in [0.25, 0.3) is 0 Å². The number of nitrogens with one attached hydrogen (secondary N) is 1. The molecule has 1 saturated heterocycles. The van der Waals surface area contributed by atoms with Crippen LogP contribution in [0.1, 0.15) is 33.1 Å². The maximum Gasteiger partial charge on any atom is 0.390 e. The van der Waals surface area contributed by atoms with Crippen molar-refractivity contribution in [2.24, 2.45) is 0 Å². The number of hydrogen-bond acceptors (Lipinski definition) is 2. The predicted octanol–water partition coefficient (Wildman–Crippen LogP) is 2.40. The number of halogens is 3. The molecule has 1 heterocycles. The van der Waals surface area contributed by atoms with Crippen molar-refractivity contribution in [2.45, 2.75) is 51.4 Å². The number of piperidine rings is 1. The van der Waals surface area contributed by atoms with Gasteiger partial charge in [-0.05, 0) is 19.4 Å². The fraction of sp³-hybridized carbons (Fsp3) is 1.00. The molecule has 0 saturated carbocycles. The molecule has 2 nitrogen and oxygen atoms in total. The Morgan fingerprint density at radius 1 is 1.38 bits per heavy atom. The molecule has 0 aromatic rings. The van der Waals surface area contributed by atoms with Crippen LogP contribution in [0, 0.1) is 0 Å². The van der Waals surface area contributed by atoms with Gasteiger partial charge in [0.1, 0.15) is 0 Å². The Hall–Kier alpha value is -0.290. The van der Waals surface area contributed by atoms with Crippen LogP contribution in [-0.4, -0.2) is 42.8 Å². The quantitative estimate of drug-likeness (QED) is 0.809. The van der Waals surface area contributed by atoms with Gasteiger partial charge in [0, 0.05) is 25.2 Å². The highest BCUT2D eigenvalue weighted by Crippen LogP contribution is 2.21. The zero-order chi connectivity index (χ0) is 12.2. The van der Waals surface area contributed by atoms with Gasteiger partial charge in [-0.25, -0.2) is 0 Å². The maximum atomic E-state index is 12.1. The zero-order valence-corrected chi connectivity index (χ0v) is 9.98. The van der Waals surface area contributed by atoms with E-state index in [4.69, 9.17) is 0 Å². The minimum Gasteiger partial charge on any atom is -0.311 e. The van der Waals surface area contributed by atoms with Crippen LogP contribution in [0.15, 0.2) is 0 Å². The number of alkyl halides is 3. The summed E-state index contributed by atoms with van der Waals surface area (Å²) in [5.74, 6) is 0. The van der Waals surface area contributed by atoms with Gasteiger partial charge < -0.3 is 10.2 Å². The summed E-state index contributed by atoms with van der Waals surface area (Å²) in [7, 11) is 0. The summed E-state index contributed by atoms with van der Waals surface area (Å²) in [6.07, 6.45) is -2.66. The van der Waals surface area contributed by atoms with Gasteiger partial charge in [-0.15, -0.1) is 0 Å². The molecule has 0 radical (unpaired) electrons. The Balaban J connectivity index is 2.27. The molecule has 1 atom stereocenters. The molecule has 1 rings (SSSR count). The van der Waals surface area contributed by atoms with Crippen molar-refractivity contribution < 1.29 is 13.2 Å². The Morgan fingerprint density at radius 2 is 2.06 bits per heavy atom. The minimum absolute atomic E-state index is 0.139. The summed E-state index contributed by atoms with van der Waals surface area (Å²) in [6.45, 7) is 5.81. The topological polar surface area (TPSA) is 15.3 Å². The number of hydrogen-bond donors (Lipinski definition) is 1. The van der Waals surface area contributed by atoms with Crippen molar-refractivity contribution in [1.82, 2.24) is 10.2 Å². The average Bonchev–Trinajstić information content (AvgIpc) is 2.13. The second-order valence-electron chi connectivity index (χ2n) is 4.83. The molecule has 0 bridgehead atoms. The molecule has 96 valence electrons. The van der Waals surface area contributed by atoms with Gasteiger partial charge in [0.15, 0.2) is 0 Å². The van der Waals surface area contributed by atoms with Crippen LogP contribution in [0.5, 0.6) is 0 Å². The lowest BCUT2D eigenvalue weighted by Crippen LogP contribution is -2.48. The Bertz CT molecular complexity index is 204. The Morgan fingerprint density at radius 3 is 2.62 bits per heavy atom. The normalized spacial score (nSPS) is 24.0. The molecule has 1 N–H and O–H groups in total. The zero-order valence-electron chi connectivity index (χ0n) is 9.98. The fourth-order valence-corrected chi connectivity index (χ4v) is 2.15. The van der Waals surface area contributed by atoms with Gasteiger partial charge in [-0.2, -0.15) is 13.2 Å². The fourth-order valence-electron chi connectivity index (χ4n) is 2.15. The predicted molar refractivity (Wildman–Crippen MR) is 58.4 cm³/mol. The first-order valence-corrected chi connectivity index (χ1v) is 5.92. The van der Waals surface area contributed by atoms with E-state index in [0.29, 0.717) is 12.1 Å². The van der Waals surface area contributed by atoms with E-state index in [9.17, 15) is 13.2 Å². The van der Waals surface area contributed by atoms with Crippen LogP contribution in [0.2, 0.25) is 0 Å². The average molecular weight is 238 g/mol. The van der Waals surface area contributed by atoms with Crippen molar-refractivity contribution in [3.63, 3.8) is 0 Å². The van der Waals surface area contributed by atoms with Crippen molar-refractivity contribution in [3.8, 4) is 0 Å². The van der Waals surface area contributed by atoms with Gasteiger partial charge in [-0.3, -0.25) is 0 Å². The van der Waals surface area contributed by atoms with E-state index < -0.39 is 12.6 Å². The third-order valence-electron chi connectivity index (χ3n) is 2.79. The first-order valence-electron chi connectivity index (χ1n) is 5.92. The molecule has 5 heteroatoms. The van der Waals surface area contributed by atoms with Gasteiger partial charge in [0.05, 0.1) is 6.42 Å². The van der Waals surface area contributed by atoms with Gasteiger partial charge in [0.2, 0.25) is 0 Å². The summed E-state index contributed by atoms with van der Waals surface area (Å²) in [4.78, 5) is 1.91. The third kappa shape index (κ3) is 5.70. The molecule has 1 unspecified atom stereocenters. The summed E-state index contributed by atoms with van der Waals surface area (Å²) >= 11 is 0. The van der Waals surface area contributed by atoms with E-state index >= 15 is 0 Å². The second-order valence-corrected chi connectivity index (χ2v) is 4.83. The monoisotopic (exact) mass is 238 g/mol. The Kier molecular flexibility index (Phi) is 5.05. The number of nitrogens with zero attached hydrogens (tertiary/aromatic N) is 1. The van der Waals surface area contributed by atoms with Crippen molar-refractivity contribution >= 4 is 0 Å². The Labute approximate surface area is 95.2 Å². The highest BCUT2D eigenvalue weighted by molar-refractivity contribution is 4.79. The van der Waals surface area contributed by atoms with Crippen LogP contribution >= 0.6 is 0 Å². The summed E-state index contributed by atoms with van der Waals surface area (Å²) in [5.41, 5.74) is 0. The molecule has 1 fully saturated rings. The van der Waals surface area contributed by atoms with E-state index in [1.54, 1.807) is 0 Å². The van der Waals surface area contributed by atoms with Crippen molar-refractivity contribution in [1.29, 1.82) is 0 Å². The molecule has 1 aliphatic rings. The molecule has 0 aliphatic carbocycles. The molecule has 0 aromatic heterocycles. The van der Waals surface area contributed by atoms with Crippen LogP contribution in [-0.2, 0) is 0 Å². The van der Waals surface area contributed by atoms with Gasteiger partial charge >= 0.3 is 6.18 Å². The van der Waals surface area contributed by atoms with Crippen LogP contribution < -0.4 is 5.32 Å². The smallest absolute Gasteiger partial charge is 0.311 e. The summed E-state index contributed by atoms with van der Waals surface area (Å²) in [5, 5.41) is 3.39. The minimum atomic E-state index is -4.03. The SMILES string of the molecule is CC(C)NC1CCCN(CCC(F)(F)F)C1.